The van der Waals surface area contributed by atoms with Gasteiger partial charge in [0.15, 0.2) is 11.5 Å². The number of benzene rings is 1. The Hall–Kier alpha value is -2.36. The second-order valence-corrected chi connectivity index (χ2v) is 12.3. The predicted octanol–water partition coefficient (Wildman–Crippen LogP) is 3.92. The second-order valence-electron chi connectivity index (χ2n) is 12.3. The van der Waals surface area contributed by atoms with Crippen LogP contribution in [0.5, 0.6) is 11.5 Å². The highest BCUT2D eigenvalue weighted by Crippen LogP contribution is 2.33. The first kappa shape index (κ1) is 33.8. The molecular weight excluding hydrogens is 510 g/mol. The van der Waals surface area contributed by atoms with Crippen molar-refractivity contribution in [3.05, 3.63) is 23.8 Å². The summed E-state index contributed by atoms with van der Waals surface area (Å²) in [6.45, 7) is 14.0. The maximum Gasteiger partial charge on any atom is 0.224 e. The number of amides is 2. The van der Waals surface area contributed by atoms with E-state index in [2.05, 4.69) is 50.5 Å². The van der Waals surface area contributed by atoms with Crippen LogP contribution in [0.25, 0.3) is 0 Å². The molecule has 0 bridgehead atoms. The first-order valence-corrected chi connectivity index (χ1v) is 14.6. The van der Waals surface area contributed by atoms with Crippen molar-refractivity contribution in [2.75, 3.05) is 40.7 Å². The Morgan fingerprint density at radius 1 is 1.10 bits per heavy atom. The lowest BCUT2D eigenvalue weighted by atomic mass is 9.80. The van der Waals surface area contributed by atoms with Crippen LogP contribution in [-0.4, -0.2) is 64.7 Å². The van der Waals surface area contributed by atoms with Gasteiger partial charge in [-0.2, -0.15) is 0 Å². The average molecular weight is 564 g/mol. The van der Waals surface area contributed by atoms with Gasteiger partial charge >= 0.3 is 0 Å². The van der Waals surface area contributed by atoms with Crippen molar-refractivity contribution in [3.8, 4) is 11.5 Å². The number of rotatable bonds is 18. The average Bonchev–Trinajstić information content (AvgIpc) is 3.34. The maximum absolute atomic E-state index is 13.1. The van der Waals surface area contributed by atoms with Gasteiger partial charge in [0.05, 0.1) is 32.0 Å². The van der Waals surface area contributed by atoms with E-state index in [1.54, 1.807) is 28.1 Å². The normalized spacial score (nSPS) is 19.1. The zero-order valence-corrected chi connectivity index (χ0v) is 25.9. The van der Waals surface area contributed by atoms with Gasteiger partial charge in [0.25, 0.3) is 0 Å². The van der Waals surface area contributed by atoms with Crippen LogP contribution < -0.4 is 25.8 Å². The topological polar surface area (TPSA) is 121 Å². The summed E-state index contributed by atoms with van der Waals surface area (Å²) >= 11 is 0. The first-order chi connectivity index (χ1) is 18.9. The third-order valence-corrected chi connectivity index (χ3v) is 8.07. The molecule has 1 fully saturated rings. The molecule has 0 aliphatic carbocycles. The number of ether oxygens (including phenoxy) is 4. The van der Waals surface area contributed by atoms with Gasteiger partial charge in [0.1, 0.15) is 0 Å². The summed E-state index contributed by atoms with van der Waals surface area (Å²) in [7, 11) is 3.34. The molecule has 1 heterocycles. The summed E-state index contributed by atoms with van der Waals surface area (Å²) in [5.41, 5.74) is 5.89. The van der Waals surface area contributed by atoms with Gasteiger partial charge in [-0.1, -0.05) is 33.8 Å². The van der Waals surface area contributed by atoms with E-state index in [1.165, 1.54) is 5.56 Å². The number of carbonyl (C=O) groups is 2. The highest BCUT2D eigenvalue weighted by atomic mass is 16.5. The van der Waals surface area contributed by atoms with Crippen molar-refractivity contribution in [1.29, 1.82) is 0 Å². The summed E-state index contributed by atoms with van der Waals surface area (Å²) in [6, 6.07) is 6.32. The standard InChI is InChI=1S/C31H53N3O6/c1-20(2)23(14-22-10-11-26(38-8)28(15-22)39-13-9-12-37-7)16-25-27(40-19-34-25)17-24(21(3)4)29(35)33-18-31(5,6)30(32)36/h10-11,15,20-21,23-25,27,34H,9,12-14,16-19H2,1-8H3,(H2,32,36)(H,33,35)/t23-,24+,25+,27+/m1/s1. The minimum Gasteiger partial charge on any atom is -0.493 e. The number of methoxy groups -OCH3 is 2. The van der Waals surface area contributed by atoms with E-state index < -0.39 is 11.3 Å². The second kappa shape index (κ2) is 16.2. The van der Waals surface area contributed by atoms with Crippen LogP contribution in [0.3, 0.4) is 0 Å². The highest BCUT2D eigenvalue weighted by molar-refractivity contribution is 5.83. The lowest BCUT2D eigenvalue weighted by molar-refractivity contribution is -0.130. The van der Waals surface area contributed by atoms with Crippen LogP contribution in [0, 0.1) is 29.1 Å². The molecule has 0 spiro atoms. The fourth-order valence-corrected chi connectivity index (χ4v) is 5.00. The molecule has 2 rings (SSSR count). The molecule has 1 aromatic rings. The van der Waals surface area contributed by atoms with Crippen LogP contribution in [-0.2, 0) is 25.5 Å². The van der Waals surface area contributed by atoms with Crippen molar-refractivity contribution in [1.82, 2.24) is 10.6 Å². The van der Waals surface area contributed by atoms with Crippen LogP contribution >= 0.6 is 0 Å². The Balaban J connectivity index is 2.07. The van der Waals surface area contributed by atoms with E-state index in [0.717, 1.165) is 30.8 Å². The molecule has 9 nitrogen and oxygen atoms in total. The Labute approximate surface area is 241 Å². The molecule has 40 heavy (non-hydrogen) atoms. The quantitative estimate of drug-likeness (QED) is 0.232. The molecule has 2 amide bonds. The Morgan fingerprint density at radius 3 is 2.42 bits per heavy atom. The Morgan fingerprint density at radius 2 is 1.82 bits per heavy atom. The van der Waals surface area contributed by atoms with E-state index in [0.29, 0.717) is 38.2 Å². The lowest BCUT2D eigenvalue weighted by Gasteiger charge is -2.30. The minimum atomic E-state index is -0.800. The summed E-state index contributed by atoms with van der Waals surface area (Å²) in [6.07, 6.45) is 3.19. The summed E-state index contributed by atoms with van der Waals surface area (Å²) in [5, 5.41) is 6.49. The largest absolute Gasteiger partial charge is 0.493 e. The van der Waals surface area contributed by atoms with Crippen molar-refractivity contribution in [2.45, 2.75) is 79.4 Å². The summed E-state index contributed by atoms with van der Waals surface area (Å²) in [5.74, 6) is 1.75. The monoisotopic (exact) mass is 563 g/mol. The number of hydrogen-bond acceptors (Lipinski definition) is 7. The molecular formula is C31H53N3O6. The smallest absolute Gasteiger partial charge is 0.224 e. The molecule has 1 aliphatic rings. The molecule has 0 aromatic heterocycles. The molecule has 4 N–H and O–H groups in total. The van der Waals surface area contributed by atoms with E-state index in [9.17, 15) is 9.59 Å². The van der Waals surface area contributed by atoms with E-state index in [-0.39, 0.29) is 36.4 Å². The Bertz CT molecular complexity index is 936. The van der Waals surface area contributed by atoms with E-state index in [4.69, 9.17) is 24.7 Å². The predicted molar refractivity (Wildman–Crippen MR) is 157 cm³/mol. The molecule has 1 aromatic carbocycles. The molecule has 228 valence electrons. The highest BCUT2D eigenvalue weighted by Gasteiger charge is 2.36. The number of hydrogen-bond donors (Lipinski definition) is 3. The van der Waals surface area contributed by atoms with E-state index in [1.807, 2.05) is 6.07 Å². The first-order valence-electron chi connectivity index (χ1n) is 14.6. The molecule has 0 saturated carbocycles. The fraction of sp³-hybridized carbons (Fsp3) is 0.742. The number of primary amides is 1. The van der Waals surface area contributed by atoms with Crippen LogP contribution in [0.2, 0.25) is 0 Å². The lowest BCUT2D eigenvalue weighted by Crippen LogP contribution is -2.46. The minimum absolute atomic E-state index is 0.0600. The summed E-state index contributed by atoms with van der Waals surface area (Å²) in [4.78, 5) is 24.8. The molecule has 1 aliphatic heterocycles. The van der Waals surface area contributed by atoms with Gasteiger partial charge in [-0.3, -0.25) is 14.9 Å². The van der Waals surface area contributed by atoms with Crippen molar-refractivity contribution >= 4 is 11.8 Å². The van der Waals surface area contributed by atoms with Crippen LogP contribution in [0.15, 0.2) is 18.2 Å². The molecule has 9 heteroatoms. The third kappa shape index (κ3) is 10.2. The van der Waals surface area contributed by atoms with E-state index >= 15 is 0 Å². The molecule has 0 unspecified atom stereocenters. The van der Waals surface area contributed by atoms with Gasteiger partial charge in [0.2, 0.25) is 11.8 Å². The van der Waals surface area contributed by atoms with Crippen LogP contribution in [0.1, 0.15) is 66.4 Å². The zero-order valence-electron chi connectivity index (χ0n) is 25.9. The molecule has 4 atom stereocenters. The van der Waals surface area contributed by atoms with Crippen molar-refractivity contribution in [3.63, 3.8) is 0 Å². The third-order valence-electron chi connectivity index (χ3n) is 8.07. The number of carbonyl (C=O) groups excluding carboxylic acids is 2. The van der Waals surface area contributed by atoms with Crippen molar-refractivity contribution in [2.24, 2.45) is 34.8 Å². The number of nitrogens with one attached hydrogen (secondary N) is 2. The maximum atomic E-state index is 13.1. The summed E-state index contributed by atoms with van der Waals surface area (Å²) < 4.78 is 22.8. The van der Waals surface area contributed by atoms with Crippen LogP contribution in [0.4, 0.5) is 0 Å². The molecule has 1 saturated heterocycles. The van der Waals surface area contributed by atoms with Gasteiger partial charge in [-0.05, 0) is 68.6 Å². The van der Waals surface area contributed by atoms with Gasteiger partial charge in [0, 0.05) is 38.6 Å². The number of nitrogens with two attached hydrogens (primary N) is 1. The molecule has 0 radical (unpaired) electrons. The Kier molecular flexibility index (Phi) is 13.7. The fourth-order valence-electron chi connectivity index (χ4n) is 5.00. The van der Waals surface area contributed by atoms with Crippen molar-refractivity contribution < 1.29 is 28.5 Å². The van der Waals surface area contributed by atoms with Gasteiger partial charge in [-0.25, -0.2) is 0 Å². The SMILES string of the molecule is COCCCOc1cc(C[C@H](C[C@@H]2NCO[C@H]2C[C@H](C(=O)NCC(C)(C)C(N)=O)C(C)C)C(C)C)ccc1OC. The van der Waals surface area contributed by atoms with Gasteiger partial charge < -0.3 is 30.0 Å². The zero-order chi connectivity index (χ0) is 29.9. The van der Waals surface area contributed by atoms with Gasteiger partial charge in [-0.15, -0.1) is 0 Å².